The van der Waals surface area contributed by atoms with E-state index >= 15 is 0 Å². The van der Waals surface area contributed by atoms with Gasteiger partial charge in [0.25, 0.3) is 5.91 Å². The lowest BCUT2D eigenvalue weighted by molar-refractivity contribution is -0.103. The van der Waals surface area contributed by atoms with E-state index < -0.39 is 16.9 Å². The molecular formula is C22H26FN3O4S. The number of carbonyl (C=O) groups excluding carboxylic acids is 1. The fourth-order valence-electron chi connectivity index (χ4n) is 3.78. The molecule has 7 nitrogen and oxygen atoms in total. The molecule has 4 N–H and O–H groups in total. The highest BCUT2D eigenvalue weighted by molar-refractivity contribution is 7.80. The number of methoxy groups -OCH3 is 1. The smallest absolute Gasteiger partial charge is 0.257 e. The number of hydrogen-bond donors (Lipinski definition) is 3. The van der Waals surface area contributed by atoms with Crippen LogP contribution in [0.2, 0.25) is 0 Å². The first-order valence-electron chi connectivity index (χ1n) is 9.79. The minimum atomic E-state index is -1.20. The monoisotopic (exact) mass is 447 g/mol. The minimum Gasteiger partial charge on any atom is -0.379 e. The van der Waals surface area contributed by atoms with Crippen molar-refractivity contribution in [2.75, 3.05) is 33.7 Å². The largest absolute Gasteiger partial charge is 0.379 e. The van der Waals surface area contributed by atoms with Crippen molar-refractivity contribution in [1.29, 1.82) is 0 Å². The van der Waals surface area contributed by atoms with Gasteiger partial charge in [0.15, 0.2) is 5.11 Å². The SMILES string of the molecule is COCOC[C@@]1(N)COCC[C@@]1(NC(=S)NC(=O)c1ccccc1)c1ccccc1F. The van der Waals surface area contributed by atoms with Gasteiger partial charge in [-0.3, -0.25) is 10.1 Å². The Morgan fingerprint density at radius 1 is 1.23 bits per heavy atom. The fraction of sp³-hybridized carbons (Fsp3) is 0.364. The van der Waals surface area contributed by atoms with Crippen molar-refractivity contribution in [3.8, 4) is 0 Å². The summed E-state index contributed by atoms with van der Waals surface area (Å²) in [6, 6.07) is 15.0. The van der Waals surface area contributed by atoms with Gasteiger partial charge in [-0.25, -0.2) is 4.39 Å². The molecule has 0 spiro atoms. The highest BCUT2D eigenvalue weighted by Crippen LogP contribution is 2.40. The topological polar surface area (TPSA) is 94.8 Å². The predicted octanol–water partition coefficient (Wildman–Crippen LogP) is 2.06. The van der Waals surface area contributed by atoms with E-state index in [2.05, 4.69) is 10.6 Å². The van der Waals surface area contributed by atoms with Gasteiger partial charge in [-0.1, -0.05) is 36.4 Å². The number of hydrogen-bond acceptors (Lipinski definition) is 6. The Morgan fingerprint density at radius 2 is 1.94 bits per heavy atom. The summed E-state index contributed by atoms with van der Waals surface area (Å²) in [5.41, 5.74) is 5.14. The second-order valence-electron chi connectivity index (χ2n) is 7.37. The number of carbonyl (C=O) groups is 1. The van der Waals surface area contributed by atoms with Crippen LogP contribution in [-0.4, -0.2) is 50.3 Å². The van der Waals surface area contributed by atoms with Crippen LogP contribution in [0.25, 0.3) is 0 Å². The van der Waals surface area contributed by atoms with Crippen LogP contribution in [0.5, 0.6) is 0 Å². The molecule has 2 aromatic carbocycles. The number of nitrogens with one attached hydrogen (secondary N) is 2. The Morgan fingerprint density at radius 3 is 2.65 bits per heavy atom. The van der Waals surface area contributed by atoms with E-state index in [0.29, 0.717) is 24.2 Å². The lowest BCUT2D eigenvalue weighted by atomic mass is 9.69. The Bertz CT molecular complexity index is 917. The van der Waals surface area contributed by atoms with Gasteiger partial charge in [-0.05, 0) is 30.4 Å². The van der Waals surface area contributed by atoms with Gasteiger partial charge in [0.1, 0.15) is 12.6 Å². The summed E-state index contributed by atoms with van der Waals surface area (Å²) >= 11 is 5.44. The van der Waals surface area contributed by atoms with Crippen LogP contribution < -0.4 is 16.4 Å². The molecule has 0 aromatic heterocycles. The number of amides is 1. The third-order valence-electron chi connectivity index (χ3n) is 5.32. The predicted molar refractivity (Wildman–Crippen MR) is 118 cm³/mol. The molecule has 2 atom stereocenters. The van der Waals surface area contributed by atoms with E-state index in [0.717, 1.165) is 0 Å². The van der Waals surface area contributed by atoms with Crippen molar-refractivity contribution >= 4 is 23.2 Å². The van der Waals surface area contributed by atoms with Crippen LogP contribution >= 0.6 is 12.2 Å². The van der Waals surface area contributed by atoms with Crippen molar-refractivity contribution in [2.24, 2.45) is 5.73 Å². The maximum absolute atomic E-state index is 15.0. The van der Waals surface area contributed by atoms with Crippen molar-refractivity contribution in [2.45, 2.75) is 17.5 Å². The number of halogens is 1. The average molecular weight is 448 g/mol. The highest BCUT2D eigenvalue weighted by atomic mass is 32.1. The summed E-state index contributed by atoms with van der Waals surface area (Å²) < 4.78 is 31.1. The highest BCUT2D eigenvalue weighted by Gasteiger charge is 2.54. The zero-order valence-corrected chi connectivity index (χ0v) is 18.0. The molecule has 3 rings (SSSR count). The summed E-state index contributed by atoms with van der Waals surface area (Å²) in [5.74, 6) is -0.831. The molecule has 0 bridgehead atoms. The van der Waals surface area contributed by atoms with Crippen LogP contribution in [0, 0.1) is 5.82 Å². The van der Waals surface area contributed by atoms with E-state index in [1.165, 1.54) is 13.2 Å². The van der Waals surface area contributed by atoms with Crippen LogP contribution in [0.3, 0.4) is 0 Å². The van der Waals surface area contributed by atoms with E-state index in [-0.39, 0.29) is 31.0 Å². The Hall–Kier alpha value is -2.43. The number of rotatable bonds is 7. The maximum Gasteiger partial charge on any atom is 0.257 e. The molecule has 0 saturated carbocycles. The zero-order chi connectivity index (χ0) is 22.3. The third-order valence-corrected chi connectivity index (χ3v) is 5.52. The van der Waals surface area contributed by atoms with Crippen LogP contribution in [0.15, 0.2) is 54.6 Å². The van der Waals surface area contributed by atoms with Crippen LogP contribution in [0.4, 0.5) is 4.39 Å². The van der Waals surface area contributed by atoms with Crippen LogP contribution in [0.1, 0.15) is 22.3 Å². The summed E-state index contributed by atoms with van der Waals surface area (Å²) in [5, 5.41) is 5.83. The van der Waals surface area contributed by atoms with E-state index in [1.54, 1.807) is 42.5 Å². The van der Waals surface area contributed by atoms with Crippen LogP contribution in [-0.2, 0) is 19.7 Å². The Balaban J connectivity index is 1.93. The summed E-state index contributed by atoms with van der Waals surface area (Å²) in [6.07, 6.45) is 0.308. The van der Waals surface area contributed by atoms with Gasteiger partial charge in [0.05, 0.1) is 24.3 Å². The molecule has 1 saturated heterocycles. The molecule has 1 fully saturated rings. The number of ether oxygens (including phenoxy) is 3. The minimum absolute atomic E-state index is 0.0113. The lowest BCUT2D eigenvalue weighted by Gasteiger charge is -2.52. The second kappa shape index (κ2) is 10.3. The van der Waals surface area contributed by atoms with Gasteiger partial charge in [0.2, 0.25) is 0 Å². The molecule has 0 unspecified atom stereocenters. The number of benzene rings is 2. The molecule has 1 amide bonds. The summed E-state index contributed by atoms with van der Waals surface area (Å²) in [7, 11) is 1.50. The van der Waals surface area contributed by atoms with Gasteiger partial charge in [-0.15, -0.1) is 0 Å². The zero-order valence-electron chi connectivity index (χ0n) is 17.2. The molecule has 0 radical (unpaired) electrons. The van der Waals surface area contributed by atoms with E-state index in [4.69, 9.17) is 32.2 Å². The lowest BCUT2D eigenvalue weighted by Crippen LogP contribution is -2.74. The molecule has 31 heavy (non-hydrogen) atoms. The molecule has 1 heterocycles. The molecule has 1 aliphatic heterocycles. The van der Waals surface area contributed by atoms with E-state index in [1.807, 2.05) is 6.07 Å². The molecule has 166 valence electrons. The first-order valence-corrected chi connectivity index (χ1v) is 10.2. The van der Waals surface area contributed by atoms with Gasteiger partial charge in [-0.2, -0.15) is 0 Å². The average Bonchev–Trinajstić information content (AvgIpc) is 2.76. The summed E-state index contributed by atoms with van der Waals surface area (Å²) in [6.45, 7) is 0.437. The Labute approximate surface area is 186 Å². The molecule has 0 aliphatic carbocycles. The Kier molecular flexibility index (Phi) is 7.69. The second-order valence-corrected chi connectivity index (χ2v) is 7.78. The first-order chi connectivity index (χ1) is 14.9. The fourth-order valence-corrected chi connectivity index (χ4v) is 4.04. The van der Waals surface area contributed by atoms with Gasteiger partial charge < -0.3 is 25.3 Å². The number of nitrogens with two attached hydrogens (primary N) is 1. The van der Waals surface area contributed by atoms with Crippen molar-refractivity contribution in [1.82, 2.24) is 10.6 Å². The maximum atomic E-state index is 15.0. The quantitative estimate of drug-likeness (QED) is 0.340. The van der Waals surface area contributed by atoms with Crippen molar-refractivity contribution in [3.05, 3.63) is 71.5 Å². The molecular weight excluding hydrogens is 421 g/mol. The van der Waals surface area contributed by atoms with Gasteiger partial charge >= 0.3 is 0 Å². The van der Waals surface area contributed by atoms with Crippen molar-refractivity contribution < 1.29 is 23.4 Å². The molecule has 1 aliphatic rings. The van der Waals surface area contributed by atoms with Crippen molar-refractivity contribution in [3.63, 3.8) is 0 Å². The third kappa shape index (κ3) is 5.08. The summed E-state index contributed by atoms with van der Waals surface area (Å²) in [4.78, 5) is 12.6. The standard InChI is InChI=1S/C22H26FN3O4S/c1-28-15-30-14-21(24)13-29-12-11-22(21,17-9-5-6-10-18(17)23)26-20(31)25-19(27)16-7-3-2-4-8-16/h2-10H,11-15,24H2,1H3,(H2,25,26,27,31)/t21-,22+/m0/s1. The first kappa shape index (κ1) is 23.2. The molecule has 9 heteroatoms. The number of thiocarbonyl (C=S) groups is 1. The van der Waals surface area contributed by atoms with Gasteiger partial charge in [0, 0.05) is 31.3 Å². The van der Waals surface area contributed by atoms with E-state index in [9.17, 15) is 9.18 Å². The molecule has 2 aromatic rings. The normalized spacial score (nSPS) is 23.2.